The lowest BCUT2D eigenvalue weighted by molar-refractivity contribution is -0.461. The minimum atomic E-state index is 0. The minimum Gasteiger partial charge on any atom is -1.00 e. The summed E-state index contributed by atoms with van der Waals surface area (Å²) in [6.07, 6.45) is 0. The second kappa shape index (κ2) is 6.61. The van der Waals surface area contributed by atoms with Gasteiger partial charge in [-0.1, -0.05) is 0 Å². The third kappa shape index (κ3) is 3.29. The number of rotatable bonds is 3. The van der Waals surface area contributed by atoms with Crippen molar-refractivity contribution in [3.63, 3.8) is 0 Å². The van der Waals surface area contributed by atoms with E-state index in [4.69, 9.17) is 21.1 Å². The summed E-state index contributed by atoms with van der Waals surface area (Å²) in [5.74, 6) is 1.45. The number of benzene rings is 1. The van der Waals surface area contributed by atoms with Gasteiger partial charge >= 0.3 is 0 Å². The molecule has 16 heavy (non-hydrogen) atoms. The molecule has 90 valence electrons. The molecule has 0 bridgehead atoms. The monoisotopic (exact) mass is 263 g/mol. The van der Waals surface area contributed by atoms with Crippen LogP contribution in [0.2, 0.25) is 0 Å². The Bertz CT molecular complexity index is 388. The molecule has 3 nitrogen and oxygen atoms in total. The van der Waals surface area contributed by atoms with Gasteiger partial charge in [-0.15, -0.1) is 0 Å². The molecular weight excluding hydrogens is 249 g/mol. The summed E-state index contributed by atoms with van der Waals surface area (Å²) in [7, 11) is 6.99. The number of nitrogens with zero attached hydrogens (tertiary/aromatic N) is 1. The van der Waals surface area contributed by atoms with E-state index in [9.17, 15) is 0 Å². The molecule has 0 amide bonds. The summed E-state index contributed by atoms with van der Waals surface area (Å²) in [6, 6.07) is 5.53. The molecule has 0 spiro atoms. The molecule has 0 aliphatic heterocycles. The molecule has 0 saturated heterocycles. The van der Waals surface area contributed by atoms with Crippen molar-refractivity contribution in [1.29, 1.82) is 0 Å². The van der Waals surface area contributed by atoms with Gasteiger partial charge in [-0.3, -0.25) is 0 Å². The fourth-order valence-corrected chi connectivity index (χ4v) is 1.37. The van der Waals surface area contributed by atoms with Gasteiger partial charge < -0.3 is 21.9 Å². The lowest BCUT2D eigenvalue weighted by Crippen LogP contribution is -3.00. The first-order chi connectivity index (χ1) is 7.10. The molecule has 0 saturated carbocycles. The van der Waals surface area contributed by atoms with Crippen molar-refractivity contribution in [2.24, 2.45) is 0 Å². The first kappa shape index (κ1) is 15.1. The minimum absolute atomic E-state index is 0. The van der Waals surface area contributed by atoms with Gasteiger partial charge in [0, 0.05) is 6.07 Å². The normalized spacial score (nSPS) is 9.06. The van der Waals surface area contributed by atoms with Crippen molar-refractivity contribution in [2.45, 2.75) is 0 Å². The van der Waals surface area contributed by atoms with E-state index in [1.54, 1.807) is 20.3 Å². The van der Waals surface area contributed by atoms with Crippen LogP contribution >= 0.6 is 11.6 Å². The molecule has 1 aromatic rings. The maximum Gasteiger partial charge on any atom is 0.280 e. The molecule has 0 aromatic heterocycles. The van der Waals surface area contributed by atoms with Gasteiger partial charge in [0.2, 0.25) is 0 Å². The molecule has 0 heterocycles. The molecule has 0 radical (unpaired) electrons. The fraction of sp³-hybridized carbons (Fsp3) is 0.364. The lowest BCUT2D eigenvalue weighted by Gasteiger charge is -2.07. The average molecular weight is 264 g/mol. The molecule has 0 atom stereocenters. The predicted octanol–water partition coefficient (Wildman–Crippen LogP) is -1.03. The van der Waals surface area contributed by atoms with Crippen LogP contribution < -0.4 is 21.9 Å². The summed E-state index contributed by atoms with van der Waals surface area (Å²) in [5.41, 5.74) is 0.852. The molecule has 1 rings (SSSR count). The summed E-state index contributed by atoms with van der Waals surface area (Å²) in [5, 5.41) is 0.634. The average Bonchev–Trinajstić information content (AvgIpc) is 2.27. The lowest BCUT2D eigenvalue weighted by atomic mass is 10.2. The van der Waals surface area contributed by atoms with Gasteiger partial charge in [-0.25, -0.2) is 4.58 Å². The van der Waals surface area contributed by atoms with Crippen LogP contribution in [0.3, 0.4) is 0 Å². The highest BCUT2D eigenvalue weighted by atomic mass is 35.5. The molecule has 0 fully saturated rings. The van der Waals surface area contributed by atoms with E-state index in [0.717, 1.165) is 11.3 Å². The maximum absolute atomic E-state index is 6.14. The van der Waals surface area contributed by atoms with E-state index >= 15 is 0 Å². The number of hydrogen-bond acceptors (Lipinski definition) is 2. The summed E-state index contributed by atoms with van der Waals surface area (Å²) < 4.78 is 12.2. The van der Waals surface area contributed by atoms with Crippen LogP contribution in [0.25, 0.3) is 0 Å². The maximum atomic E-state index is 6.14. The second-order valence-electron chi connectivity index (χ2n) is 3.25. The Morgan fingerprint density at radius 2 is 1.81 bits per heavy atom. The Kier molecular flexibility index (Phi) is 6.22. The van der Waals surface area contributed by atoms with Gasteiger partial charge in [0.25, 0.3) is 5.17 Å². The van der Waals surface area contributed by atoms with Crippen LogP contribution in [0.15, 0.2) is 18.2 Å². The van der Waals surface area contributed by atoms with Crippen molar-refractivity contribution in [2.75, 3.05) is 28.3 Å². The van der Waals surface area contributed by atoms with Crippen LogP contribution in [-0.4, -0.2) is 38.1 Å². The standard InChI is InChI=1S/C11H15ClNO2.ClH/c1-13(2)11(12)9-6-5-8(14-3)7-10(9)15-4;/h5-7H,1-4H3;1H/q+1;/p-1. The highest BCUT2D eigenvalue weighted by molar-refractivity contribution is 6.68. The van der Waals surface area contributed by atoms with Crippen LogP contribution in [0.1, 0.15) is 5.56 Å². The first-order valence-electron chi connectivity index (χ1n) is 4.52. The van der Waals surface area contributed by atoms with E-state index < -0.39 is 0 Å². The van der Waals surface area contributed by atoms with Crippen LogP contribution in [0, 0.1) is 0 Å². The number of methoxy groups -OCH3 is 2. The Morgan fingerprint density at radius 1 is 1.19 bits per heavy atom. The van der Waals surface area contributed by atoms with Crippen molar-refractivity contribution in [3.8, 4) is 11.5 Å². The zero-order valence-electron chi connectivity index (χ0n) is 9.75. The molecular formula is C11H15Cl2NO2. The quantitative estimate of drug-likeness (QED) is 0.514. The highest BCUT2D eigenvalue weighted by Crippen LogP contribution is 2.25. The number of hydrogen-bond donors (Lipinski definition) is 0. The molecule has 1 aromatic carbocycles. The topological polar surface area (TPSA) is 21.5 Å². The zero-order chi connectivity index (χ0) is 11.4. The number of halogens is 2. The fourth-order valence-electron chi connectivity index (χ4n) is 1.21. The van der Waals surface area contributed by atoms with Crippen LogP contribution in [0.4, 0.5) is 0 Å². The Balaban J connectivity index is 0.00000225. The van der Waals surface area contributed by atoms with E-state index in [-0.39, 0.29) is 12.4 Å². The third-order valence-electron chi connectivity index (χ3n) is 2.02. The zero-order valence-corrected chi connectivity index (χ0v) is 11.3. The number of ether oxygens (including phenoxy) is 2. The van der Waals surface area contributed by atoms with Crippen molar-refractivity contribution < 1.29 is 26.5 Å². The smallest absolute Gasteiger partial charge is 0.280 e. The van der Waals surface area contributed by atoms with E-state index in [0.29, 0.717) is 10.9 Å². The highest BCUT2D eigenvalue weighted by Gasteiger charge is 2.14. The predicted molar refractivity (Wildman–Crippen MR) is 61.6 cm³/mol. The van der Waals surface area contributed by atoms with Gasteiger partial charge in [-0.05, 0) is 23.7 Å². The van der Waals surface area contributed by atoms with Gasteiger partial charge in [0.05, 0.1) is 14.2 Å². The van der Waals surface area contributed by atoms with E-state index in [1.807, 2.05) is 30.8 Å². The second-order valence-corrected chi connectivity index (χ2v) is 3.61. The van der Waals surface area contributed by atoms with Crippen LogP contribution in [-0.2, 0) is 0 Å². The Labute approximate surface area is 107 Å². The van der Waals surface area contributed by atoms with E-state index in [2.05, 4.69) is 0 Å². The Morgan fingerprint density at radius 3 is 2.25 bits per heavy atom. The SMILES string of the molecule is COc1ccc(C(Cl)=[N+](C)C)c(OC)c1.[Cl-]. The Hall–Kier alpha value is -0.930. The van der Waals surface area contributed by atoms with Crippen molar-refractivity contribution >= 4 is 16.8 Å². The molecule has 0 N–H and O–H groups in total. The molecule has 0 aliphatic rings. The largest absolute Gasteiger partial charge is 1.00 e. The summed E-state index contributed by atoms with van der Waals surface area (Å²) in [6.45, 7) is 0. The van der Waals surface area contributed by atoms with Crippen molar-refractivity contribution in [1.82, 2.24) is 0 Å². The van der Waals surface area contributed by atoms with Crippen LogP contribution in [0.5, 0.6) is 11.5 Å². The third-order valence-corrected chi connectivity index (χ3v) is 2.57. The van der Waals surface area contributed by atoms with Gasteiger partial charge in [0.1, 0.15) is 31.2 Å². The molecule has 5 heteroatoms. The van der Waals surface area contributed by atoms with Crippen molar-refractivity contribution in [3.05, 3.63) is 23.8 Å². The summed E-state index contributed by atoms with van der Waals surface area (Å²) in [4.78, 5) is 0. The van der Waals surface area contributed by atoms with E-state index in [1.165, 1.54) is 0 Å². The summed E-state index contributed by atoms with van der Waals surface area (Å²) >= 11 is 6.14. The van der Waals surface area contributed by atoms with Gasteiger partial charge in [-0.2, -0.15) is 0 Å². The first-order valence-corrected chi connectivity index (χ1v) is 4.90. The molecule has 0 aliphatic carbocycles. The molecule has 0 unspecified atom stereocenters. The van der Waals surface area contributed by atoms with Gasteiger partial charge in [0.15, 0.2) is 0 Å².